The second kappa shape index (κ2) is 8.04. The average molecular weight is 354 g/mol. The van der Waals surface area contributed by atoms with Crippen molar-refractivity contribution in [3.05, 3.63) is 52.3 Å². The van der Waals surface area contributed by atoms with E-state index in [1.54, 1.807) is 0 Å². The molecule has 1 aliphatic heterocycles. The molecule has 1 fully saturated rings. The molecule has 0 bridgehead atoms. The third kappa shape index (κ3) is 4.15. The number of benzene rings is 1. The maximum absolute atomic E-state index is 12.6. The van der Waals surface area contributed by atoms with Crippen molar-refractivity contribution in [1.82, 2.24) is 19.6 Å². The van der Waals surface area contributed by atoms with Gasteiger partial charge in [0.25, 0.3) is 0 Å². The number of hydrogen-bond acceptors (Lipinski definition) is 3. The molecule has 0 unspecified atom stereocenters. The summed E-state index contributed by atoms with van der Waals surface area (Å²) in [6.07, 6.45) is 1.36. The van der Waals surface area contributed by atoms with Gasteiger partial charge in [-0.15, -0.1) is 0 Å². The second-order valence-electron chi connectivity index (χ2n) is 7.36. The maximum atomic E-state index is 12.6. The summed E-state index contributed by atoms with van der Waals surface area (Å²) in [5, 5.41) is 4.44. The normalized spacial score (nSPS) is 15.5. The number of carbonyl (C=O) groups excluding carboxylic acids is 1. The van der Waals surface area contributed by atoms with Crippen molar-refractivity contribution >= 4 is 5.91 Å². The van der Waals surface area contributed by atoms with E-state index >= 15 is 0 Å². The zero-order valence-electron chi connectivity index (χ0n) is 16.5. The summed E-state index contributed by atoms with van der Waals surface area (Å²) in [6.45, 7) is 10.8. The van der Waals surface area contributed by atoms with Crippen molar-refractivity contribution in [2.24, 2.45) is 7.05 Å². The number of hydrogen-bond donors (Lipinski definition) is 0. The van der Waals surface area contributed by atoms with Gasteiger partial charge in [0.05, 0.1) is 5.69 Å². The first-order valence-electron chi connectivity index (χ1n) is 9.49. The highest BCUT2D eigenvalue weighted by Crippen LogP contribution is 2.16. The van der Waals surface area contributed by atoms with E-state index in [0.29, 0.717) is 6.42 Å². The zero-order chi connectivity index (χ0) is 18.7. The van der Waals surface area contributed by atoms with E-state index in [9.17, 15) is 4.79 Å². The molecule has 1 saturated heterocycles. The van der Waals surface area contributed by atoms with Crippen molar-refractivity contribution in [2.75, 3.05) is 26.2 Å². The average Bonchev–Trinajstić information content (AvgIpc) is 2.87. The lowest BCUT2D eigenvalue weighted by atomic mass is 10.1. The van der Waals surface area contributed by atoms with Crippen LogP contribution < -0.4 is 0 Å². The van der Waals surface area contributed by atoms with E-state index < -0.39 is 0 Å². The van der Waals surface area contributed by atoms with Crippen LogP contribution in [-0.4, -0.2) is 51.7 Å². The van der Waals surface area contributed by atoms with Crippen LogP contribution in [0.3, 0.4) is 0 Å². The molecule has 0 atom stereocenters. The Morgan fingerprint density at radius 1 is 1.08 bits per heavy atom. The highest BCUT2D eigenvalue weighted by Gasteiger charge is 2.22. The molecule has 1 aromatic carbocycles. The summed E-state index contributed by atoms with van der Waals surface area (Å²) >= 11 is 0. The fourth-order valence-corrected chi connectivity index (χ4v) is 3.75. The number of piperazine rings is 1. The quantitative estimate of drug-likeness (QED) is 0.829. The van der Waals surface area contributed by atoms with Gasteiger partial charge in [0.2, 0.25) is 5.91 Å². The number of aromatic nitrogens is 2. The van der Waals surface area contributed by atoms with Gasteiger partial charge in [-0.1, -0.05) is 24.3 Å². The molecule has 140 valence electrons. The van der Waals surface area contributed by atoms with Crippen molar-refractivity contribution in [2.45, 2.75) is 40.2 Å². The Balaban J connectivity index is 1.48. The van der Waals surface area contributed by atoms with Crippen LogP contribution in [0.2, 0.25) is 0 Å². The van der Waals surface area contributed by atoms with Gasteiger partial charge in [-0.25, -0.2) is 0 Å². The lowest BCUT2D eigenvalue weighted by molar-refractivity contribution is -0.133. The van der Waals surface area contributed by atoms with Crippen LogP contribution in [0.4, 0.5) is 0 Å². The van der Waals surface area contributed by atoms with Crippen LogP contribution in [0.25, 0.3) is 0 Å². The lowest BCUT2D eigenvalue weighted by Crippen LogP contribution is -2.48. The molecule has 5 nitrogen and oxygen atoms in total. The number of aryl methyl sites for hydroxylation is 3. The Morgan fingerprint density at radius 3 is 2.38 bits per heavy atom. The second-order valence-corrected chi connectivity index (χ2v) is 7.36. The molecule has 0 aliphatic carbocycles. The highest BCUT2D eigenvalue weighted by molar-refractivity contribution is 5.76. The van der Waals surface area contributed by atoms with E-state index in [2.05, 4.69) is 48.1 Å². The van der Waals surface area contributed by atoms with Crippen LogP contribution >= 0.6 is 0 Å². The molecule has 0 saturated carbocycles. The SMILES string of the molecule is Cc1ccccc1CN1CCN(C(=O)CCc2c(C)nn(C)c2C)CC1. The minimum absolute atomic E-state index is 0.267. The first-order chi connectivity index (χ1) is 12.5. The maximum Gasteiger partial charge on any atom is 0.222 e. The van der Waals surface area contributed by atoms with Gasteiger partial charge < -0.3 is 4.90 Å². The van der Waals surface area contributed by atoms with Gasteiger partial charge in [-0.2, -0.15) is 5.10 Å². The summed E-state index contributed by atoms with van der Waals surface area (Å²) in [5.41, 5.74) is 6.15. The van der Waals surface area contributed by atoms with Gasteiger partial charge in [0.1, 0.15) is 0 Å². The van der Waals surface area contributed by atoms with Gasteiger partial charge in [-0.3, -0.25) is 14.4 Å². The topological polar surface area (TPSA) is 41.4 Å². The summed E-state index contributed by atoms with van der Waals surface area (Å²) in [6, 6.07) is 8.55. The molecule has 0 N–H and O–H groups in total. The largest absolute Gasteiger partial charge is 0.340 e. The molecule has 0 spiro atoms. The van der Waals surface area contributed by atoms with Gasteiger partial charge in [0, 0.05) is 51.9 Å². The number of rotatable bonds is 5. The lowest BCUT2D eigenvalue weighted by Gasteiger charge is -2.35. The molecule has 1 amide bonds. The van der Waals surface area contributed by atoms with Crippen molar-refractivity contribution in [3.63, 3.8) is 0 Å². The Kier molecular flexibility index (Phi) is 5.77. The standard InChI is InChI=1S/C21H30N4O/c1-16-7-5-6-8-19(16)15-24-11-13-25(14-12-24)21(26)10-9-20-17(2)22-23(4)18(20)3/h5-8H,9-15H2,1-4H3. The van der Waals surface area contributed by atoms with Crippen molar-refractivity contribution < 1.29 is 4.79 Å². The van der Waals surface area contributed by atoms with Gasteiger partial charge >= 0.3 is 0 Å². The molecule has 5 heteroatoms. The Bertz CT molecular complexity index is 772. The Labute approximate surface area is 156 Å². The fraction of sp³-hybridized carbons (Fsp3) is 0.524. The molecular formula is C21H30N4O. The van der Waals surface area contributed by atoms with Crippen LogP contribution in [0.15, 0.2) is 24.3 Å². The van der Waals surface area contributed by atoms with E-state index in [-0.39, 0.29) is 5.91 Å². The molecular weight excluding hydrogens is 324 g/mol. The monoisotopic (exact) mass is 354 g/mol. The third-order valence-electron chi connectivity index (χ3n) is 5.63. The van der Waals surface area contributed by atoms with E-state index in [1.165, 1.54) is 22.4 Å². The molecule has 0 radical (unpaired) electrons. The molecule has 2 aromatic rings. The van der Waals surface area contributed by atoms with E-state index in [4.69, 9.17) is 0 Å². The fourth-order valence-electron chi connectivity index (χ4n) is 3.75. The first-order valence-corrected chi connectivity index (χ1v) is 9.49. The molecule has 1 aliphatic rings. The summed E-state index contributed by atoms with van der Waals surface area (Å²) < 4.78 is 1.90. The van der Waals surface area contributed by atoms with Crippen LogP contribution in [0, 0.1) is 20.8 Å². The van der Waals surface area contributed by atoms with Crippen LogP contribution in [0.1, 0.15) is 34.5 Å². The third-order valence-corrected chi connectivity index (χ3v) is 5.63. The van der Waals surface area contributed by atoms with E-state index in [0.717, 1.165) is 44.8 Å². The Hall–Kier alpha value is -2.14. The van der Waals surface area contributed by atoms with Crippen molar-refractivity contribution in [1.29, 1.82) is 0 Å². The Morgan fingerprint density at radius 2 is 1.77 bits per heavy atom. The number of carbonyl (C=O) groups is 1. The minimum atomic E-state index is 0.267. The highest BCUT2D eigenvalue weighted by atomic mass is 16.2. The molecule has 26 heavy (non-hydrogen) atoms. The number of nitrogens with zero attached hydrogens (tertiary/aromatic N) is 4. The van der Waals surface area contributed by atoms with Gasteiger partial charge in [0.15, 0.2) is 0 Å². The van der Waals surface area contributed by atoms with Crippen LogP contribution in [-0.2, 0) is 24.8 Å². The smallest absolute Gasteiger partial charge is 0.222 e. The first kappa shape index (κ1) is 18.6. The number of amides is 1. The predicted octanol–water partition coefficient (Wildman–Crippen LogP) is 2.62. The van der Waals surface area contributed by atoms with Crippen molar-refractivity contribution in [3.8, 4) is 0 Å². The summed E-state index contributed by atoms with van der Waals surface area (Å²) in [4.78, 5) is 17.1. The molecule has 1 aromatic heterocycles. The minimum Gasteiger partial charge on any atom is -0.340 e. The van der Waals surface area contributed by atoms with E-state index in [1.807, 2.05) is 23.6 Å². The molecule has 3 rings (SSSR count). The summed E-state index contributed by atoms with van der Waals surface area (Å²) in [7, 11) is 1.96. The predicted molar refractivity (Wildman–Crippen MR) is 104 cm³/mol. The zero-order valence-corrected chi connectivity index (χ0v) is 16.5. The molecule has 2 heterocycles. The van der Waals surface area contributed by atoms with Crippen LogP contribution in [0.5, 0.6) is 0 Å². The van der Waals surface area contributed by atoms with Gasteiger partial charge in [-0.05, 0) is 43.9 Å². The summed E-state index contributed by atoms with van der Waals surface area (Å²) in [5.74, 6) is 0.267.